The van der Waals surface area contributed by atoms with Crippen LogP contribution >= 0.6 is 0 Å². The molecule has 1 N–H and O–H groups in total. The molecular formula is C26H28N4O2. The van der Waals surface area contributed by atoms with E-state index < -0.39 is 0 Å². The maximum Gasteiger partial charge on any atom is 0.281 e. The van der Waals surface area contributed by atoms with E-state index in [0.717, 1.165) is 39.3 Å². The molecule has 0 saturated carbocycles. The van der Waals surface area contributed by atoms with Crippen LogP contribution in [-0.4, -0.2) is 20.3 Å². The smallest absolute Gasteiger partial charge is 0.281 e. The van der Waals surface area contributed by atoms with Crippen LogP contribution in [-0.2, 0) is 11.3 Å². The highest BCUT2D eigenvalue weighted by Crippen LogP contribution is 2.23. The fourth-order valence-electron chi connectivity index (χ4n) is 4.31. The van der Waals surface area contributed by atoms with Crippen molar-refractivity contribution in [2.24, 2.45) is 0 Å². The summed E-state index contributed by atoms with van der Waals surface area (Å²) in [5, 5.41) is 8.98. The molecule has 0 fully saturated rings. The molecule has 2 aromatic carbocycles. The number of benzene rings is 2. The number of carbonyl (C=O) groups excluding carboxylic acids is 1. The molecule has 0 aliphatic heterocycles. The van der Waals surface area contributed by atoms with Gasteiger partial charge in [0.2, 0.25) is 5.91 Å². The fourth-order valence-corrected chi connectivity index (χ4v) is 4.31. The third-order valence-corrected chi connectivity index (χ3v) is 6.07. The molecule has 0 unspecified atom stereocenters. The van der Waals surface area contributed by atoms with Crippen LogP contribution in [0.1, 0.15) is 35.4 Å². The van der Waals surface area contributed by atoms with Gasteiger partial charge >= 0.3 is 0 Å². The summed E-state index contributed by atoms with van der Waals surface area (Å²) in [4.78, 5) is 25.7. The lowest BCUT2D eigenvalue weighted by Gasteiger charge is -2.12. The van der Waals surface area contributed by atoms with Gasteiger partial charge in [-0.15, -0.1) is 0 Å². The number of nitrogens with zero attached hydrogens (tertiary/aromatic N) is 3. The summed E-state index contributed by atoms with van der Waals surface area (Å²) in [6.45, 7) is 8.62. The van der Waals surface area contributed by atoms with Crippen LogP contribution in [0.4, 0.5) is 5.69 Å². The second-order valence-electron chi connectivity index (χ2n) is 8.23. The van der Waals surface area contributed by atoms with Gasteiger partial charge in [-0.3, -0.25) is 9.59 Å². The van der Waals surface area contributed by atoms with Gasteiger partial charge in [0.25, 0.3) is 5.56 Å². The van der Waals surface area contributed by atoms with Crippen LogP contribution in [0.15, 0.2) is 59.5 Å². The molecule has 0 saturated heterocycles. The number of fused-ring (bicyclic) bond motifs is 1. The lowest BCUT2D eigenvalue weighted by Crippen LogP contribution is -2.21. The number of amides is 1. The first kappa shape index (κ1) is 21.6. The van der Waals surface area contributed by atoms with Crippen molar-refractivity contribution in [3.63, 3.8) is 0 Å². The Labute approximate surface area is 187 Å². The number of hydrogen-bond acceptors (Lipinski definition) is 3. The van der Waals surface area contributed by atoms with E-state index in [2.05, 4.69) is 15.0 Å². The summed E-state index contributed by atoms with van der Waals surface area (Å²) >= 11 is 0. The average Bonchev–Trinajstić information content (AvgIpc) is 3.02. The first-order chi connectivity index (χ1) is 15.4. The first-order valence-corrected chi connectivity index (χ1v) is 10.9. The lowest BCUT2D eigenvalue weighted by atomic mass is 10.1. The standard InChI is InChI=1S/C26H28N4O2/c1-17-10-8-11-18(2)25(17)28-23(31)14-9-15-29-19(3)22-16-27-30(21-12-6-5-7-13-21)26(32)24(22)20(29)4/h5-8,10-13,16H,9,14-15H2,1-4H3,(H,28,31). The van der Waals surface area contributed by atoms with Gasteiger partial charge in [-0.2, -0.15) is 9.78 Å². The predicted octanol–water partition coefficient (Wildman–Crippen LogP) is 4.84. The Morgan fingerprint density at radius 2 is 1.62 bits per heavy atom. The highest BCUT2D eigenvalue weighted by Gasteiger charge is 2.17. The number of hydrogen-bond donors (Lipinski definition) is 1. The van der Waals surface area contributed by atoms with Crippen molar-refractivity contribution >= 4 is 22.4 Å². The zero-order valence-electron chi connectivity index (χ0n) is 19.0. The SMILES string of the molecule is Cc1cccc(C)c1NC(=O)CCCn1c(C)c2cnn(-c3ccccc3)c(=O)c2c1C. The topological polar surface area (TPSA) is 68.9 Å². The van der Waals surface area contributed by atoms with E-state index in [4.69, 9.17) is 0 Å². The molecule has 6 nitrogen and oxygen atoms in total. The van der Waals surface area contributed by atoms with Gasteiger partial charge in [-0.1, -0.05) is 36.4 Å². The maximum atomic E-state index is 13.2. The fraction of sp³-hybridized carbons (Fsp3) is 0.269. The summed E-state index contributed by atoms with van der Waals surface area (Å²) < 4.78 is 3.56. The predicted molar refractivity (Wildman–Crippen MR) is 129 cm³/mol. The Bertz CT molecular complexity index is 1330. The van der Waals surface area contributed by atoms with Crippen LogP contribution in [0.5, 0.6) is 0 Å². The second kappa shape index (κ2) is 8.83. The number of nitrogens with one attached hydrogen (secondary N) is 1. The van der Waals surface area contributed by atoms with Gasteiger partial charge in [0.05, 0.1) is 17.3 Å². The molecule has 0 radical (unpaired) electrons. The quantitative estimate of drug-likeness (QED) is 0.478. The van der Waals surface area contributed by atoms with Gasteiger partial charge in [-0.25, -0.2) is 0 Å². The highest BCUT2D eigenvalue weighted by atomic mass is 16.1. The number of rotatable bonds is 6. The van der Waals surface area contributed by atoms with E-state index in [9.17, 15) is 9.59 Å². The molecule has 32 heavy (non-hydrogen) atoms. The molecular weight excluding hydrogens is 400 g/mol. The number of anilines is 1. The van der Waals surface area contributed by atoms with E-state index in [-0.39, 0.29) is 11.5 Å². The average molecular weight is 429 g/mol. The van der Waals surface area contributed by atoms with E-state index in [0.29, 0.717) is 24.8 Å². The van der Waals surface area contributed by atoms with Crippen LogP contribution in [0.25, 0.3) is 16.5 Å². The lowest BCUT2D eigenvalue weighted by molar-refractivity contribution is -0.116. The molecule has 0 atom stereocenters. The number of para-hydroxylation sites is 2. The van der Waals surface area contributed by atoms with Gasteiger partial charge < -0.3 is 9.88 Å². The summed E-state index contributed by atoms with van der Waals surface area (Å²) in [5.74, 6) is 0.00233. The largest absolute Gasteiger partial charge is 0.348 e. The maximum absolute atomic E-state index is 13.2. The zero-order valence-corrected chi connectivity index (χ0v) is 19.0. The van der Waals surface area contributed by atoms with Crippen LogP contribution in [0, 0.1) is 27.7 Å². The molecule has 4 aromatic rings. The highest BCUT2D eigenvalue weighted by molar-refractivity contribution is 5.92. The van der Waals surface area contributed by atoms with Crippen molar-refractivity contribution in [1.82, 2.24) is 14.3 Å². The Kier molecular flexibility index (Phi) is 5.95. The minimum atomic E-state index is -0.124. The molecule has 6 heteroatoms. The molecule has 2 heterocycles. The molecule has 164 valence electrons. The minimum Gasteiger partial charge on any atom is -0.348 e. The van der Waals surface area contributed by atoms with E-state index in [1.807, 2.05) is 76.2 Å². The van der Waals surface area contributed by atoms with Gasteiger partial charge in [-0.05, 0) is 57.4 Å². The van der Waals surface area contributed by atoms with E-state index in [1.54, 1.807) is 6.20 Å². The molecule has 0 bridgehead atoms. The number of aromatic nitrogens is 3. The third-order valence-electron chi connectivity index (χ3n) is 6.07. The first-order valence-electron chi connectivity index (χ1n) is 10.9. The summed E-state index contributed by atoms with van der Waals surface area (Å²) in [6, 6.07) is 15.4. The second-order valence-corrected chi connectivity index (χ2v) is 8.23. The monoisotopic (exact) mass is 428 g/mol. The zero-order chi connectivity index (χ0) is 22.8. The van der Waals surface area contributed by atoms with Crippen LogP contribution in [0.2, 0.25) is 0 Å². The van der Waals surface area contributed by atoms with Gasteiger partial charge in [0, 0.05) is 35.4 Å². The van der Waals surface area contributed by atoms with Crippen LogP contribution < -0.4 is 10.9 Å². The summed E-state index contributed by atoms with van der Waals surface area (Å²) in [6.07, 6.45) is 2.85. The summed E-state index contributed by atoms with van der Waals surface area (Å²) in [5.41, 5.74) is 5.53. The molecule has 4 rings (SSSR count). The molecule has 0 spiro atoms. The Hall–Kier alpha value is -3.67. The number of carbonyl (C=O) groups is 1. The molecule has 0 aliphatic carbocycles. The molecule has 2 aromatic heterocycles. The van der Waals surface area contributed by atoms with Crippen molar-refractivity contribution in [3.05, 3.63) is 87.6 Å². The molecule has 1 amide bonds. The Balaban J connectivity index is 1.53. The van der Waals surface area contributed by atoms with Crippen LogP contribution in [0.3, 0.4) is 0 Å². The summed E-state index contributed by atoms with van der Waals surface area (Å²) in [7, 11) is 0. The van der Waals surface area contributed by atoms with Crippen molar-refractivity contribution in [1.29, 1.82) is 0 Å². The normalized spacial score (nSPS) is 11.1. The minimum absolute atomic E-state index is 0.00233. The van der Waals surface area contributed by atoms with Crippen molar-refractivity contribution < 1.29 is 4.79 Å². The van der Waals surface area contributed by atoms with Gasteiger partial charge in [0.15, 0.2) is 0 Å². The third kappa shape index (κ3) is 3.96. The van der Waals surface area contributed by atoms with Crippen molar-refractivity contribution in [2.45, 2.75) is 47.1 Å². The van der Waals surface area contributed by atoms with Gasteiger partial charge in [0.1, 0.15) is 0 Å². The number of aryl methyl sites for hydroxylation is 4. The van der Waals surface area contributed by atoms with Crippen molar-refractivity contribution in [3.8, 4) is 5.69 Å². The Morgan fingerprint density at radius 1 is 0.938 bits per heavy atom. The van der Waals surface area contributed by atoms with E-state index >= 15 is 0 Å². The van der Waals surface area contributed by atoms with Crippen molar-refractivity contribution in [2.75, 3.05) is 5.32 Å². The molecule has 0 aliphatic rings. The van der Waals surface area contributed by atoms with E-state index in [1.165, 1.54) is 4.68 Å². The Morgan fingerprint density at radius 3 is 2.31 bits per heavy atom.